The summed E-state index contributed by atoms with van der Waals surface area (Å²) >= 11 is 0. The second-order valence-electron chi connectivity index (χ2n) is 6.90. The Bertz CT molecular complexity index is 798. The molecule has 1 aliphatic rings. The zero-order chi connectivity index (χ0) is 18.7. The van der Waals surface area contributed by atoms with Gasteiger partial charge in [-0.15, -0.1) is 0 Å². The van der Waals surface area contributed by atoms with E-state index in [1.165, 1.54) is 0 Å². The number of carbonyl (C=O) groups is 2. The van der Waals surface area contributed by atoms with E-state index in [1.54, 1.807) is 12.1 Å². The lowest BCUT2D eigenvalue weighted by Crippen LogP contribution is -2.18. The zero-order valence-corrected chi connectivity index (χ0v) is 15.6. The first-order valence-corrected chi connectivity index (χ1v) is 9.01. The number of hydrogen-bond acceptors (Lipinski definition) is 4. The molecule has 0 amide bonds. The molecule has 0 radical (unpaired) electrons. The minimum atomic E-state index is -0.480. The molecular weight excluding hydrogens is 330 g/mol. The molecule has 0 N–H and O–H groups in total. The van der Waals surface area contributed by atoms with Crippen molar-refractivity contribution in [2.24, 2.45) is 0 Å². The first kappa shape index (κ1) is 18.4. The summed E-state index contributed by atoms with van der Waals surface area (Å²) < 4.78 is 13.0. The Hall–Kier alpha value is -2.40. The molecular formula is C21H25NO4. The number of aryl methyl sites for hydroxylation is 2. The van der Waals surface area contributed by atoms with Crippen LogP contribution in [0.4, 0.5) is 0 Å². The predicted octanol–water partition coefficient (Wildman–Crippen LogP) is 3.63. The van der Waals surface area contributed by atoms with Crippen LogP contribution in [0.3, 0.4) is 0 Å². The molecule has 1 fully saturated rings. The number of esters is 1. The molecule has 0 aliphatic carbocycles. The van der Waals surface area contributed by atoms with Gasteiger partial charge in [0.1, 0.15) is 0 Å². The smallest absolute Gasteiger partial charge is 0.338 e. The number of hydrogen-bond donors (Lipinski definition) is 0. The van der Waals surface area contributed by atoms with E-state index in [2.05, 4.69) is 4.57 Å². The molecule has 0 bridgehead atoms. The van der Waals surface area contributed by atoms with Crippen molar-refractivity contribution in [3.63, 3.8) is 0 Å². The highest BCUT2D eigenvalue weighted by Gasteiger charge is 2.21. The Labute approximate surface area is 153 Å². The number of ether oxygens (including phenoxy) is 2. The molecule has 0 spiro atoms. The summed E-state index contributed by atoms with van der Waals surface area (Å²) in [4.78, 5) is 24.6. The van der Waals surface area contributed by atoms with Crippen LogP contribution < -0.4 is 0 Å². The zero-order valence-electron chi connectivity index (χ0n) is 15.6. The van der Waals surface area contributed by atoms with Crippen molar-refractivity contribution < 1.29 is 19.1 Å². The molecule has 0 unspecified atom stereocenters. The molecule has 138 valence electrons. The fourth-order valence-corrected chi connectivity index (χ4v) is 3.34. The van der Waals surface area contributed by atoms with Gasteiger partial charge < -0.3 is 14.0 Å². The molecule has 1 saturated heterocycles. The van der Waals surface area contributed by atoms with Gasteiger partial charge in [-0.2, -0.15) is 0 Å². The molecule has 2 aromatic rings. The van der Waals surface area contributed by atoms with Gasteiger partial charge in [-0.1, -0.05) is 17.7 Å². The fraction of sp³-hybridized carbons (Fsp3) is 0.429. The van der Waals surface area contributed by atoms with Crippen LogP contribution in [-0.2, 0) is 16.0 Å². The summed E-state index contributed by atoms with van der Waals surface area (Å²) in [5.41, 5.74) is 4.04. The van der Waals surface area contributed by atoms with Crippen molar-refractivity contribution in [2.75, 3.05) is 13.2 Å². The van der Waals surface area contributed by atoms with E-state index >= 15 is 0 Å². The minimum absolute atomic E-state index is 0.183. The molecule has 1 aromatic heterocycles. The first-order chi connectivity index (χ1) is 12.5. The average molecular weight is 355 g/mol. The normalized spacial score (nSPS) is 16.7. The average Bonchev–Trinajstić information content (AvgIpc) is 3.24. The van der Waals surface area contributed by atoms with E-state index in [9.17, 15) is 9.59 Å². The Morgan fingerprint density at radius 1 is 1.19 bits per heavy atom. The number of ketones is 1. The van der Waals surface area contributed by atoms with Crippen molar-refractivity contribution in [1.82, 2.24) is 4.57 Å². The van der Waals surface area contributed by atoms with Gasteiger partial charge in [-0.3, -0.25) is 4.79 Å². The molecule has 3 rings (SSSR count). The van der Waals surface area contributed by atoms with Gasteiger partial charge in [0.15, 0.2) is 6.61 Å². The lowest BCUT2D eigenvalue weighted by Gasteiger charge is -2.14. The monoisotopic (exact) mass is 355 g/mol. The maximum absolute atomic E-state index is 12.5. The van der Waals surface area contributed by atoms with Crippen molar-refractivity contribution in [3.05, 3.63) is 58.4 Å². The summed E-state index contributed by atoms with van der Waals surface area (Å²) in [5.74, 6) is -0.663. The van der Waals surface area contributed by atoms with E-state index < -0.39 is 5.97 Å². The van der Waals surface area contributed by atoms with Gasteiger partial charge >= 0.3 is 5.97 Å². The van der Waals surface area contributed by atoms with E-state index in [1.807, 2.05) is 39.0 Å². The van der Waals surface area contributed by atoms with Crippen molar-refractivity contribution in [3.8, 4) is 0 Å². The Kier molecular flexibility index (Phi) is 5.57. The van der Waals surface area contributed by atoms with Gasteiger partial charge in [0.05, 0.1) is 11.7 Å². The largest absolute Gasteiger partial charge is 0.454 e. The van der Waals surface area contributed by atoms with Gasteiger partial charge in [0.25, 0.3) is 0 Å². The van der Waals surface area contributed by atoms with Crippen molar-refractivity contribution in [2.45, 2.75) is 46.3 Å². The van der Waals surface area contributed by atoms with Gasteiger partial charge in [0, 0.05) is 30.1 Å². The standard InChI is InChI=1S/C21H25NO4/c1-14-6-8-17(9-7-14)21(24)26-13-20(23)19-11-15(2)22(16(19)3)12-18-5-4-10-25-18/h6-9,11,18H,4-5,10,12-13H2,1-3H3/t18-/m1/s1. The lowest BCUT2D eigenvalue weighted by molar-refractivity contribution is 0.0474. The lowest BCUT2D eigenvalue weighted by atomic mass is 10.1. The summed E-state index contributed by atoms with van der Waals surface area (Å²) in [6, 6.07) is 8.96. The molecule has 26 heavy (non-hydrogen) atoms. The second kappa shape index (κ2) is 7.87. The maximum atomic E-state index is 12.5. The van der Waals surface area contributed by atoms with Crippen LogP contribution in [0, 0.1) is 20.8 Å². The number of nitrogens with zero attached hydrogens (tertiary/aromatic N) is 1. The topological polar surface area (TPSA) is 57.5 Å². The van der Waals surface area contributed by atoms with E-state index in [0.717, 1.165) is 42.9 Å². The first-order valence-electron chi connectivity index (χ1n) is 9.01. The predicted molar refractivity (Wildman–Crippen MR) is 98.7 cm³/mol. The third kappa shape index (κ3) is 4.05. The summed E-state index contributed by atoms with van der Waals surface area (Å²) in [5, 5.41) is 0. The number of rotatable bonds is 6. The minimum Gasteiger partial charge on any atom is -0.454 e. The van der Waals surface area contributed by atoms with Gasteiger partial charge in [-0.05, 0) is 51.8 Å². The van der Waals surface area contributed by atoms with E-state index in [4.69, 9.17) is 9.47 Å². The Balaban J connectivity index is 1.64. The third-order valence-corrected chi connectivity index (χ3v) is 4.91. The molecule has 5 nitrogen and oxygen atoms in total. The van der Waals surface area contributed by atoms with Crippen molar-refractivity contribution >= 4 is 11.8 Å². The van der Waals surface area contributed by atoms with Crippen LogP contribution >= 0.6 is 0 Å². The number of Topliss-reactive ketones (excluding diaryl/α,β-unsaturated/α-hetero) is 1. The molecule has 1 atom stereocenters. The quantitative estimate of drug-likeness (QED) is 0.586. The summed E-state index contributed by atoms with van der Waals surface area (Å²) in [7, 11) is 0. The van der Waals surface area contributed by atoms with E-state index in [0.29, 0.717) is 11.1 Å². The van der Waals surface area contributed by atoms with Crippen LogP contribution in [0.15, 0.2) is 30.3 Å². The Morgan fingerprint density at radius 3 is 2.58 bits per heavy atom. The van der Waals surface area contributed by atoms with Crippen LogP contribution in [0.2, 0.25) is 0 Å². The fourth-order valence-electron chi connectivity index (χ4n) is 3.34. The highest BCUT2D eigenvalue weighted by molar-refractivity contribution is 6.00. The van der Waals surface area contributed by atoms with Crippen molar-refractivity contribution in [1.29, 1.82) is 0 Å². The summed E-state index contributed by atoms with van der Waals surface area (Å²) in [6.45, 7) is 7.18. The molecule has 1 aliphatic heterocycles. The highest BCUT2D eigenvalue weighted by Crippen LogP contribution is 2.21. The van der Waals surface area contributed by atoms with E-state index in [-0.39, 0.29) is 18.5 Å². The van der Waals surface area contributed by atoms with Gasteiger partial charge in [-0.25, -0.2) is 4.79 Å². The SMILES string of the molecule is Cc1ccc(C(=O)OCC(=O)c2cc(C)n(C[C@H]3CCCO3)c2C)cc1. The number of aromatic nitrogens is 1. The van der Waals surface area contributed by atoms with Crippen LogP contribution in [0.5, 0.6) is 0 Å². The number of carbonyl (C=O) groups excluding carboxylic acids is 2. The van der Waals surface area contributed by atoms with Crippen LogP contribution in [0.25, 0.3) is 0 Å². The van der Waals surface area contributed by atoms with Crippen LogP contribution in [-0.4, -0.2) is 35.6 Å². The second-order valence-corrected chi connectivity index (χ2v) is 6.90. The summed E-state index contributed by atoms with van der Waals surface area (Å²) in [6.07, 6.45) is 2.35. The van der Waals surface area contributed by atoms with Crippen LogP contribution in [0.1, 0.15) is 50.5 Å². The maximum Gasteiger partial charge on any atom is 0.338 e. The Morgan fingerprint density at radius 2 is 1.92 bits per heavy atom. The molecule has 2 heterocycles. The number of benzene rings is 1. The molecule has 5 heteroatoms. The molecule has 0 saturated carbocycles. The molecule has 1 aromatic carbocycles. The van der Waals surface area contributed by atoms with Gasteiger partial charge in [0.2, 0.25) is 5.78 Å². The third-order valence-electron chi connectivity index (χ3n) is 4.91. The highest BCUT2D eigenvalue weighted by atomic mass is 16.5.